The molecule has 0 amide bonds. The first-order valence-corrected chi connectivity index (χ1v) is 8.94. The standard InChI is InChI=1S/C20H18F2N6O2/c1-10-4-5-15(29-3)11(2)17(10)30-19-16-13(24-8-25-18(16)23)6-12(27-19)14-7-28(9-26-14)20(21)22/h4-9,20H,1-3H3,(H2,23,24,25). The molecule has 2 N–H and O–H groups in total. The summed E-state index contributed by atoms with van der Waals surface area (Å²) in [7, 11) is 1.57. The van der Waals surface area contributed by atoms with Crippen LogP contribution < -0.4 is 15.2 Å². The minimum absolute atomic E-state index is 0.145. The van der Waals surface area contributed by atoms with Gasteiger partial charge in [-0.3, -0.25) is 4.57 Å². The summed E-state index contributed by atoms with van der Waals surface area (Å²) in [5.74, 6) is 1.52. The van der Waals surface area contributed by atoms with Crippen LogP contribution in [0.4, 0.5) is 14.6 Å². The van der Waals surface area contributed by atoms with Crippen molar-refractivity contribution in [1.82, 2.24) is 24.5 Å². The van der Waals surface area contributed by atoms with Crippen molar-refractivity contribution in [2.45, 2.75) is 20.4 Å². The molecule has 0 bridgehead atoms. The number of aryl methyl sites for hydroxylation is 1. The second-order valence-corrected chi connectivity index (χ2v) is 6.59. The Labute approximate surface area is 170 Å². The second kappa shape index (κ2) is 7.54. The van der Waals surface area contributed by atoms with E-state index in [1.165, 1.54) is 12.5 Å². The van der Waals surface area contributed by atoms with Crippen LogP contribution in [0.25, 0.3) is 22.3 Å². The number of fused-ring (bicyclic) bond motifs is 1. The number of hydrogen-bond donors (Lipinski definition) is 1. The molecule has 3 aromatic heterocycles. The number of hydrogen-bond acceptors (Lipinski definition) is 7. The molecule has 4 aromatic rings. The van der Waals surface area contributed by atoms with E-state index >= 15 is 0 Å². The van der Waals surface area contributed by atoms with Crippen LogP contribution in [0.2, 0.25) is 0 Å². The van der Waals surface area contributed by atoms with Crippen molar-refractivity contribution in [2.75, 3.05) is 12.8 Å². The molecule has 0 saturated carbocycles. The summed E-state index contributed by atoms with van der Waals surface area (Å²) in [6.45, 7) is 1.04. The van der Waals surface area contributed by atoms with E-state index in [0.717, 1.165) is 17.5 Å². The van der Waals surface area contributed by atoms with Gasteiger partial charge < -0.3 is 15.2 Å². The SMILES string of the molecule is COc1ccc(C)c(Oc2nc(-c3cn(C(F)F)cn3)cc3ncnc(N)c23)c1C. The second-order valence-electron chi connectivity index (χ2n) is 6.59. The van der Waals surface area contributed by atoms with Gasteiger partial charge in [-0.05, 0) is 31.5 Å². The predicted molar refractivity (Wildman–Crippen MR) is 107 cm³/mol. The molecule has 0 saturated heterocycles. The van der Waals surface area contributed by atoms with Gasteiger partial charge in [0.05, 0.1) is 24.6 Å². The monoisotopic (exact) mass is 412 g/mol. The zero-order chi connectivity index (χ0) is 21.4. The first kappa shape index (κ1) is 19.5. The van der Waals surface area contributed by atoms with Crippen molar-refractivity contribution >= 4 is 16.7 Å². The van der Waals surface area contributed by atoms with Gasteiger partial charge in [0.2, 0.25) is 5.88 Å². The highest BCUT2D eigenvalue weighted by atomic mass is 19.3. The summed E-state index contributed by atoms with van der Waals surface area (Å²) in [5, 5.41) is 0.413. The molecule has 30 heavy (non-hydrogen) atoms. The summed E-state index contributed by atoms with van der Waals surface area (Å²) in [6, 6.07) is 5.30. The van der Waals surface area contributed by atoms with Gasteiger partial charge in [0.15, 0.2) is 0 Å². The van der Waals surface area contributed by atoms with E-state index in [0.29, 0.717) is 32.7 Å². The Bertz CT molecular complexity index is 1240. The largest absolute Gasteiger partial charge is 0.496 e. The summed E-state index contributed by atoms with van der Waals surface area (Å²) < 4.78 is 38.1. The topological polar surface area (TPSA) is 101 Å². The number of nitrogens with zero attached hydrogens (tertiary/aromatic N) is 5. The predicted octanol–water partition coefficient (Wildman–Crippen LogP) is 4.28. The highest BCUT2D eigenvalue weighted by molar-refractivity contribution is 5.94. The number of nitrogen functional groups attached to an aromatic ring is 1. The molecule has 1 aromatic carbocycles. The van der Waals surface area contributed by atoms with Crippen LogP contribution in [-0.4, -0.2) is 31.6 Å². The lowest BCUT2D eigenvalue weighted by atomic mass is 10.1. The van der Waals surface area contributed by atoms with Crippen molar-refractivity contribution < 1.29 is 18.3 Å². The molecule has 4 rings (SSSR count). The maximum atomic E-state index is 13.0. The van der Waals surface area contributed by atoms with Crippen LogP contribution in [0.3, 0.4) is 0 Å². The quantitative estimate of drug-likeness (QED) is 0.522. The maximum Gasteiger partial charge on any atom is 0.319 e. The minimum atomic E-state index is -2.71. The lowest BCUT2D eigenvalue weighted by molar-refractivity contribution is 0.0702. The lowest BCUT2D eigenvalue weighted by Gasteiger charge is -2.16. The zero-order valence-electron chi connectivity index (χ0n) is 16.4. The Morgan fingerprint density at radius 2 is 1.90 bits per heavy atom. The van der Waals surface area contributed by atoms with Crippen LogP contribution >= 0.6 is 0 Å². The third-order valence-corrected chi connectivity index (χ3v) is 4.68. The number of halogens is 2. The number of aromatic nitrogens is 5. The van der Waals surface area contributed by atoms with E-state index in [2.05, 4.69) is 19.9 Å². The van der Waals surface area contributed by atoms with Gasteiger partial charge in [-0.1, -0.05) is 6.07 Å². The fourth-order valence-electron chi connectivity index (χ4n) is 3.13. The number of nitrogens with two attached hydrogens (primary N) is 1. The Kier molecular flexibility index (Phi) is 4.90. The van der Waals surface area contributed by atoms with Crippen molar-refractivity contribution in [3.8, 4) is 28.8 Å². The van der Waals surface area contributed by atoms with E-state index in [4.69, 9.17) is 15.2 Å². The van der Waals surface area contributed by atoms with Crippen molar-refractivity contribution in [3.05, 3.63) is 48.2 Å². The lowest BCUT2D eigenvalue weighted by Crippen LogP contribution is -2.01. The number of anilines is 1. The van der Waals surface area contributed by atoms with Gasteiger partial charge in [-0.15, -0.1) is 0 Å². The van der Waals surface area contributed by atoms with Crippen LogP contribution in [0.5, 0.6) is 17.4 Å². The highest BCUT2D eigenvalue weighted by Crippen LogP contribution is 2.38. The average molecular weight is 412 g/mol. The first-order chi connectivity index (χ1) is 14.4. The van der Waals surface area contributed by atoms with Gasteiger partial charge in [-0.25, -0.2) is 19.9 Å². The van der Waals surface area contributed by atoms with Crippen molar-refractivity contribution in [3.63, 3.8) is 0 Å². The van der Waals surface area contributed by atoms with Crippen LogP contribution in [0.15, 0.2) is 37.1 Å². The summed E-state index contributed by atoms with van der Waals surface area (Å²) in [5.41, 5.74) is 8.70. The molecule has 0 aliphatic rings. The van der Waals surface area contributed by atoms with Gasteiger partial charge >= 0.3 is 6.55 Å². The number of pyridine rings is 1. The van der Waals surface area contributed by atoms with Crippen molar-refractivity contribution in [2.24, 2.45) is 0 Å². The van der Waals surface area contributed by atoms with Crippen LogP contribution in [-0.2, 0) is 0 Å². The summed E-state index contributed by atoms with van der Waals surface area (Å²) in [4.78, 5) is 16.8. The first-order valence-electron chi connectivity index (χ1n) is 8.94. The van der Waals surface area contributed by atoms with Crippen LogP contribution in [0, 0.1) is 13.8 Å². The number of benzene rings is 1. The number of methoxy groups -OCH3 is 1. The Morgan fingerprint density at radius 3 is 2.60 bits per heavy atom. The molecule has 154 valence electrons. The molecule has 0 aliphatic heterocycles. The van der Waals surface area contributed by atoms with E-state index in [-0.39, 0.29) is 17.4 Å². The normalized spacial score (nSPS) is 11.3. The molecule has 0 unspecified atom stereocenters. The van der Waals surface area contributed by atoms with Gasteiger partial charge in [0, 0.05) is 11.8 Å². The average Bonchev–Trinajstić information content (AvgIpc) is 3.22. The third kappa shape index (κ3) is 3.36. The maximum absolute atomic E-state index is 13.0. The van der Waals surface area contributed by atoms with Gasteiger partial charge in [0.1, 0.15) is 34.7 Å². The molecule has 0 spiro atoms. The fraction of sp³-hybridized carbons (Fsp3) is 0.200. The van der Waals surface area contributed by atoms with Gasteiger partial charge in [0.25, 0.3) is 0 Å². The molecule has 10 heteroatoms. The summed E-state index contributed by atoms with van der Waals surface area (Å²) in [6.07, 6.45) is 3.55. The number of alkyl halides is 2. The molecular weight excluding hydrogens is 394 g/mol. The Morgan fingerprint density at radius 1 is 1.10 bits per heavy atom. The van der Waals surface area contributed by atoms with Crippen molar-refractivity contribution in [1.29, 1.82) is 0 Å². The van der Waals surface area contributed by atoms with E-state index < -0.39 is 6.55 Å². The summed E-state index contributed by atoms with van der Waals surface area (Å²) >= 11 is 0. The molecule has 8 nitrogen and oxygen atoms in total. The fourth-order valence-corrected chi connectivity index (χ4v) is 3.13. The smallest absolute Gasteiger partial charge is 0.319 e. The molecule has 3 heterocycles. The molecule has 0 fully saturated rings. The highest BCUT2D eigenvalue weighted by Gasteiger charge is 2.19. The number of imidazole rings is 1. The van der Waals surface area contributed by atoms with E-state index in [9.17, 15) is 8.78 Å². The molecule has 0 aliphatic carbocycles. The van der Waals surface area contributed by atoms with E-state index in [1.54, 1.807) is 13.2 Å². The molecule has 0 radical (unpaired) electrons. The van der Waals surface area contributed by atoms with E-state index in [1.807, 2.05) is 26.0 Å². The molecule has 0 atom stereocenters. The zero-order valence-corrected chi connectivity index (χ0v) is 16.4. The Balaban J connectivity index is 1.90. The number of ether oxygens (including phenoxy) is 2. The van der Waals surface area contributed by atoms with Crippen LogP contribution in [0.1, 0.15) is 17.7 Å². The van der Waals surface area contributed by atoms with Gasteiger partial charge in [-0.2, -0.15) is 8.78 Å². The Hall–Kier alpha value is -3.82. The minimum Gasteiger partial charge on any atom is -0.496 e. The third-order valence-electron chi connectivity index (χ3n) is 4.68. The number of rotatable bonds is 5. The molecular formula is C20H18F2N6O2.